The van der Waals surface area contributed by atoms with Gasteiger partial charge < -0.3 is 20.0 Å². The van der Waals surface area contributed by atoms with E-state index in [-0.39, 0.29) is 11.6 Å². The zero-order valence-electron chi connectivity index (χ0n) is 20.3. The normalized spacial score (nSPS) is 14.9. The summed E-state index contributed by atoms with van der Waals surface area (Å²) in [6.45, 7) is 4.39. The predicted molar refractivity (Wildman–Crippen MR) is 134 cm³/mol. The highest BCUT2D eigenvalue weighted by Crippen LogP contribution is 2.29. The average Bonchev–Trinajstić information content (AvgIpc) is 3.09. The quantitative estimate of drug-likeness (QED) is 0.539. The van der Waals surface area contributed by atoms with Gasteiger partial charge in [0.15, 0.2) is 0 Å². The van der Waals surface area contributed by atoms with Crippen molar-refractivity contribution in [3.8, 4) is 0 Å². The minimum absolute atomic E-state index is 0.193. The van der Waals surface area contributed by atoms with Crippen molar-refractivity contribution in [1.29, 1.82) is 0 Å². The molecule has 1 amide bonds. The Hall–Kier alpha value is -3.66. The molecule has 1 fully saturated rings. The second kappa shape index (κ2) is 10.9. The van der Waals surface area contributed by atoms with Crippen molar-refractivity contribution in [1.82, 2.24) is 14.9 Å². The van der Waals surface area contributed by atoms with Crippen molar-refractivity contribution >= 4 is 23.1 Å². The number of hydrogen-bond acceptors (Lipinski definition) is 6. The summed E-state index contributed by atoms with van der Waals surface area (Å²) < 4.78 is 38.4. The van der Waals surface area contributed by atoms with Crippen molar-refractivity contribution < 1.29 is 18.0 Å². The smallest absolute Gasteiger partial charge is 0.370 e. The number of alkyl halides is 3. The summed E-state index contributed by atoms with van der Waals surface area (Å²) in [6, 6.07) is 14.3. The second-order valence-corrected chi connectivity index (χ2v) is 8.96. The molecule has 190 valence electrons. The Morgan fingerprint density at radius 3 is 2.42 bits per heavy atom. The van der Waals surface area contributed by atoms with Gasteiger partial charge in [-0.05, 0) is 62.0 Å². The Labute approximate surface area is 208 Å². The van der Waals surface area contributed by atoms with Crippen LogP contribution in [0.25, 0.3) is 0 Å². The molecule has 7 nitrogen and oxygen atoms in total. The number of rotatable bonds is 6. The van der Waals surface area contributed by atoms with Gasteiger partial charge in [0.1, 0.15) is 17.8 Å². The van der Waals surface area contributed by atoms with Gasteiger partial charge >= 0.3 is 6.18 Å². The Bertz CT molecular complexity index is 1170. The van der Waals surface area contributed by atoms with Crippen LogP contribution in [0.2, 0.25) is 0 Å². The maximum atomic E-state index is 12.8. The van der Waals surface area contributed by atoms with E-state index in [0.29, 0.717) is 23.6 Å². The van der Waals surface area contributed by atoms with Crippen LogP contribution in [0.1, 0.15) is 28.0 Å². The zero-order chi connectivity index (χ0) is 25.7. The van der Waals surface area contributed by atoms with Gasteiger partial charge in [-0.25, -0.2) is 9.97 Å². The van der Waals surface area contributed by atoms with Crippen molar-refractivity contribution in [2.24, 2.45) is 0 Å². The number of anilines is 3. The Morgan fingerprint density at radius 2 is 1.72 bits per heavy atom. The highest BCUT2D eigenvalue weighted by Gasteiger charge is 2.30. The van der Waals surface area contributed by atoms with Crippen LogP contribution in [0.3, 0.4) is 0 Å². The van der Waals surface area contributed by atoms with E-state index in [1.807, 2.05) is 24.3 Å². The molecule has 3 aromatic rings. The van der Waals surface area contributed by atoms with Crippen molar-refractivity contribution in [3.63, 3.8) is 0 Å². The summed E-state index contributed by atoms with van der Waals surface area (Å²) in [5.74, 6) is 0.113. The molecule has 0 radical (unpaired) electrons. The number of amides is 1. The molecule has 0 atom stereocenters. The van der Waals surface area contributed by atoms with Crippen LogP contribution in [0.15, 0.2) is 60.9 Å². The number of carbonyl (C=O) groups is 1. The lowest BCUT2D eigenvalue weighted by Crippen LogP contribution is -2.28. The summed E-state index contributed by atoms with van der Waals surface area (Å²) in [5.41, 5.74) is 1.97. The Balaban J connectivity index is 1.37. The minimum atomic E-state index is -4.37. The third-order valence-electron chi connectivity index (χ3n) is 6.19. The van der Waals surface area contributed by atoms with Gasteiger partial charge in [0.2, 0.25) is 0 Å². The van der Waals surface area contributed by atoms with E-state index in [2.05, 4.69) is 32.1 Å². The number of halogens is 3. The van der Waals surface area contributed by atoms with E-state index in [0.717, 1.165) is 50.4 Å². The first kappa shape index (κ1) is 25.4. The van der Waals surface area contributed by atoms with E-state index in [4.69, 9.17) is 0 Å². The fourth-order valence-corrected chi connectivity index (χ4v) is 4.09. The SMILES string of the molecule is CN1CCCN(c2ccc(NC(=O)c3cc(N(C)Cc4ccc(C(F)(F)F)cc4)ncn3)cc2)CC1. The van der Waals surface area contributed by atoms with E-state index >= 15 is 0 Å². The Kier molecular flexibility index (Phi) is 7.73. The van der Waals surface area contributed by atoms with Gasteiger partial charge in [0.25, 0.3) is 5.91 Å². The fourth-order valence-electron chi connectivity index (χ4n) is 4.09. The van der Waals surface area contributed by atoms with Crippen LogP contribution in [0, 0.1) is 0 Å². The van der Waals surface area contributed by atoms with Gasteiger partial charge in [-0.2, -0.15) is 13.2 Å². The highest BCUT2D eigenvalue weighted by molar-refractivity contribution is 6.03. The molecule has 1 N–H and O–H groups in total. The largest absolute Gasteiger partial charge is 0.416 e. The molecule has 0 bridgehead atoms. The molecule has 4 rings (SSSR count). The van der Waals surface area contributed by atoms with Crippen LogP contribution in [0.4, 0.5) is 30.4 Å². The summed E-state index contributed by atoms with van der Waals surface area (Å²) >= 11 is 0. The lowest BCUT2D eigenvalue weighted by atomic mass is 10.1. The number of nitrogens with one attached hydrogen (secondary N) is 1. The van der Waals surface area contributed by atoms with Crippen LogP contribution < -0.4 is 15.1 Å². The van der Waals surface area contributed by atoms with E-state index in [1.165, 1.54) is 18.5 Å². The van der Waals surface area contributed by atoms with Crippen LogP contribution in [0.5, 0.6) is 0 Å². The molecule has 10 heteroatoms. The first-order valence-electron chi connectivity index (χ1n) is 11.7. The standard InChI is InChI=1S/C26H29F3N6O/c1-33-12-3-13-35(15-14-33)22-10-8-21(9-11-22)32-25(36)23-16-24(31-18-30-23)34(2)17-19-4-6-20(7-5-19)26(27,28)29/h4-11,16,18H,3,12-15,17H2,1-2H3,(H,32,36). The summed E-state index contributed by atoms with van der Waals surface area (Å²) in [7, 11) is 3.88. The number of benzene rings is 2. The van der Waals surface area contributed by atoms with Crippen molar-refractivity contribution in [2.45, 2.75) is 19.1 Å². The number of hydrogen-bond donors (Lipinski definition) is 1. The molecular weight excluding hydrogens is 469 g/mol. The third-order valence-corrected chi connectivity index (χ3v) is 6.19. The molecule has 0 aliphatic carbocycles. The topological polar surface area (TPSA) is 64.6 Å². The lowest BCUT2D eigenvalue weighted by Gasteiger charge is -2.23. The lowest BCUT2D eigenvalue weighted by molar-refractivity contribution is -0.137. The monoisotopic (exact) mass is 498 g/mol. The van der Waals surface area contributed by atoms with Crippen molar-refractivity contribution in [3.05, 3.63) is 77.7 Å². The molecule has 36 heavy (non-hydrogen) atoms. The molecule has 0 spiro atoms. The fraction of sp³-hybridized carbons (Fsp3) is 0.346. The molecule has 2 heterocycles. The summed E-state index contributed by atoms with van der Waals surface area (Å²) in [5, 5.41) is 2.86. The van der Waals surface area contributed by atoms with Crippen LogP contribution in [-0.2, 0) is 12.7 Å². The number of likely N-dealkylation sites (N-methyl/N-ethyl adjacent to an activating group) is 1. The minimum Gasteiger partial charge on any atom is -0.370 e. The average molecular weight is 499 g/mol. The van der Waals surface area contributed by atoms with Gasteiger partial charge in [-0.15, -0.1) is 0 Å². The maximum absolute atomic E-state index is 12.8. The van der Waals surface area contributed by atoms with E-state index in [1.54, 1.807) is 18.0 Å². The number of aromatic nitrogens is 2. The molecule has 1 saturated heterocycles. The molecule has 0 unspecified atom stereocenters. The first-order chi connectivity index (χ1) is 17.2. The number of carbonyl (C=O) groups excluding carboxylic acids is 1. The highest BCUT2D eigenvalue weighted by atomic mass is 19.4. The predicted octanol–water partition coefficient (Wildman–Crippen LogP) is 4.53. The maximum Gasteiger partial charge on any atom is 0.416 e. The van der Waals surface area contributed by atoms with Crippen LogP contribution >= 0.6 is 0 Å². The van der Waals surface area contributed by atoms with Crippen molar-refractivity contribution in [2.75, 3.05) is 55.4 Å². The number of nitrogens with zero attached hydrogens (tertiary/aromatic N) is 5. The first-order valence-corrected chi connectivity index (χ1v) is 11.7. The van der Waals surface area contributed by atoms with Gasteiger partial charge in [-0.1, -0.05) is 12.1 Å². The van der Waals surface area contributed by atoms with Gasteiger partial charge in [0.05, 0.1) is 5.56 Å². The van der Waals surface area contributed by atoms with Crippen LogP contribution in [-0.4, -0.2) is 61.0 Å². The molecule has 0 saturated carbocycles. The van der Waals surface area contributed by atoms with Gasteiger partial charge in [0, 0.05) is 50.7 Å². The van der Waals surface area contributed by atoms with Gasteiger partial charge in [-0.3, -0.25) is 4.79 Å². The zero-order valence-corrected chi connectivity index (χ0v) is 20.3. The summed E-state index contributed by atoms with van der Waals surface area (Å²) in [4.78, 5) is 27.5. The molecule has 2 aromatic carbocycles. The molecule has 1 aromatic heterocycles. The molecular formula is C26H29F3N6O. The molecule has 1 aliphatic heterocycles. The second-order valence-electron chi connectivity index (χ2n) is 8.96. The van der Waals surface area contributed by atoms with E-state index < -0.39 is 11.7 Å². The van der Waals surface area contributed by atoms with E-state index in [9.17, 15) is 18.0 Å². The summed E-state index contributed by atoms with van der Waals surface area (Å²) in [6.07, 6.45) is -1.96. The Morgan fingerprint density at radius 1 is 1.00 bits per heavy atom. The third kappa shape index (κ3) is 6.51. The molecule has 1 aliphatic rings.